The molecule has 1 aliphatic heterocycles. The van der Waals surface area contributed by atoms with Crippen LogP contribution in [0.1, 0.15) is 45.2 Å². The van der Waals surface area contributed by atoms with E-state index in [1.165, 1.54) is 6.07 Å². The molecule has 0 aromatic heterocycles. The first kappa shape index (κ1) is 18.2. The van der Waals surface area contributed by atoms with Crippen molar-refractivity contribution in [1.29, 1.82) is 0 Å². The summed E-state index contributed by atoms with van der Waals surface area (Å²) >= 11 is 5.88. The first-order valence-corrected chi connectivity index (χ1v) is 8.83. The van der Waals surface area contributed by atoms with Crippen molar-refractivity contribution in [1.82, 2.24) is 9.80 Å². The highest BCUT2D eigenvalue weighted by Gasteiger charge is 2.29. The zero-order chi connectivity index (χ0) is 17.0. The van der Waals surface area contributed by atoms with Crippen molar-refractivity contribution < 1.29 is 9.18 Å². The first-order chi connectivity index (χ1) is 11.0. The molecule has 5 heteroatoms. The Balaban J connectivity index is 1.95. The third kappa shape index (κ3) is 4.24. The normalized spacial score (nSPS) is 18.0. The molecule has 1 aliphatic rings. The van der Waals surface area contributed by atoms with Gasteiger partial charge in [0.15, 0.2) is 0 Å². The van der Waals surface area contributed by atoms with Gasteiger partial charge in [0.2, 0.25) is 5.91 Å². The molecule has 1 fully saturated rings. The fourth-order valence-corrected chi connectivity index (χ4v) is 3.50. The quantitative estimate of drug-likeness (QED) is 0.805. The Morgan fingerprint density at radius 2 is 1.96 bits per heavy atom. The Labute approximate surface area is 143 Å². The molecule has 1 heterocycles. The Bertz CT molecular complexity index is 540. The van der Waals surface area contributed by atoms with Crippen LogP contribution in [0.5, 0.6) is 0 Å². The van der Waals surface area contributed by atoms with Gasteiger partial charge in [-0.3, -0.25) is 9.69 Å². The number of hydrogen-bond donors (Lipinski definition) is 0. The number of likely N-dealkylation sites (tertiary alicyclic amines) is 1. The van der Waals surface area contributed by atoms with Gasteiger partial charge in [0.25, 0.3) is 0 Å². The van der Waals surface area contributed by atoms with Gasteiger partial charge < -0.3 is 4.90 Å². The van der Waals surface area contributed by atoms with Gasteiger partial charge in [-0.05, 0) is 64.4 Å². The van der Waals surface area contributed by atoms with Crippen LogP contribution in [0.3, 0.4) is 0 Å². The third-order valence-corrected chi connectivity index (χ3v) is 5.22. The predicted octanol–water partition coefficient (Wildman–Crippen LogP) is 4.12. The summed E-state index contributed by atoms with van der Waals surface area (Å²) in [4.78, 5) is 16.7. The van der Waals surface area contributed by atoms with Gasteiger partial charge in [-0.1, -0.05) is 17.7 Å². The van der Waals surface area contributed by atoms with E-state index in [1.807, 2.05) is 18.7 Å². The van der Waals surface area contributed by atoms with Crippen molar-refractivity contribution in [2.45, 2.75) is 39.7 Å². The highest BCUT2D eigenvalue weighted by atomic mass is 35.5. The maximum Gasteiger partial charge on any atom is 0.225 e. The van der Waals surface area contributed by atoms with Crippen LogP contribution in [0, 0.1) is 11.7 Å². The van der Waals surface area contributed by atoms with E-state index in [0.29, 0.717) is 0 Å². The predicted molar refractivity (Wildman–Crippen MR) is 92.1 cm³/mol. The number of amides is 1. The molecule has 23 heavy (non-hydrogen) atoms. The summed E-state index contributed by atoms with van der Waals surface area (Å²) in [6, 6.07) is 5.09. The molecule has 1 amide bonds. The minimum Gasteiger partial charge on any atom is -0.343 e. The van der Waals surface area contributed by atoms with Gasteiger partial charge >= 0.3 is 0 Å². The lowest BCUT2D eigenvalue weighted by atomic mass is 9.93. The van der Waals surface area contributed by atoms with Gasteiger partial charge in [0.05, 0.1) is 5.02 Å². The summed E-state index contributed by atoms with van der Waals surface area (Å²) in [7, 11) is 0. The molecule has 128 valence electrons. The van der Waals surface area contributed by atoms with E-state index < -0.39 is 0 Å². The second-order valence-corrected chi connectivity index (χ2v) is 6.58. The van der Waals surface area contributed by atoms with E-state index >= 15 is 0 Å². The average molecular weight is 341 g/mol. The highest BCUT2D eigenvalue weighted by Crippen LogP contribution is 2.29. The summed E-state index contributed by atoms with van der Waals surface area (Å²) in [5.74, 6) is 0.0356. The van der Waals surface area contributed by atoms with Gasteiger partial charge in [-0.15, -0.1) is 0 Å². The molecule has 0 aliphatic carbocycles. The third-order valence-electron chi connectivity index (χ3n) is 4.93. The van der Waals surface area contributed by atoms with E-state index in [-0.39, 0.29) is 28.7 Å². The van der Waals surface area contributed by atoms with E-state index in [0.717, 1.165) is 44.6 Å². The van der Waals surface area contributed by atoms with Crippen LogP contribution in [0.4, 0.5) is 4.39 Å². The van der Waals surface area contributed by atoms with E-state index in [1.54, 1.807) is 12.1 Å². The van der Waals surface area contributed by atoms with Crippen molar-refractivity contribution in [3.05, 3.63) is 34.6 Å². The number of nitrogens with zero attached hydrogens (tertiary/aromatic N) is 2. The van der Waals surface area contributed by atoms with Crippen LogP contribution >= 0.6 is 11.6 Å². The number of hydrogen-bond acceptors (Lipinski definition) is 2. The van der Waals surface area contributed by atoms with Crippen molar-refractivity contribution in [2.75, 3.05) is 26.2 Å². The second kappa shape index (κ2) is 8.11. The lowest BCUT2D eigenvalue weighted by molar-refractivity contribution is -0.136. The fraction of sp³-hybridized carbons (Fsp3) is 0.611. The maximum atomic E-state index is 13.3. The van der Waals surface area contributed by atoms with E-state index in [9.17, 15) is 9.18 Å². The van der Waals surface area contributed by atoms with Gasteiger partial charge in [-0.2, -0.15) is 0 Å². The monoisotopic (exact) mass is 340 g/mol. The van der Waals surface area contributed by atoms with Gasteiger partial charge in [0, 0.05) is 25.0 Å². The molecular weight excluding hydrogens is 315 g/mol. The first-order valence-electron chi connectivity index (χ1n) is 8.45. The molecule has 0 saturated carbocycles. The molecule has 3 nitrogen and oxygen atoms in total. The summed E-state index contributed by atoms with van der Waals surface area (Å²) < 4.78 is 13.3. The van der Waals surface area contributed by atoms with Crippen molar-refractivity contribution >= 4 is 17.5 Å². The fourth-order valence-electron chi connectivity index (χ4n) is 3.31. The zero-order valence-corrected chi connectivity index (χ0v) is 14.9. The molecule has 0 spiro atoms. The smallest absolute Gasteiger partial charge is 0.225 e. The van der Waals surface area contributed by atoms with Crippen LogP contribution in [-0.4, -0.2) is 41.9 Å². The number of rotatable bonds is 5. The average Bonchev–Trinajstić information content (AvgIpc) is 2.58. The molecule has 1 unspecified atom stereocenters. The van der Waals surface area contributed by atoms with Gasteiger partial charge in [-0.25, -0.2) is 4.39 Å². The summed E-state index contributed by atoms with van der Waals surface area (Å²) in [5, 5.41) is 0.168. The Morgan fingerprint density at radius 1 is 1.35 bits per heavy atom. The minimum atomic E-state index is -0.383. The molecule has 2 rings (SSSR count). The Kier molecular flexibility index (Phi) is 6.42. The lowest BCUT2D eigenvalue weighted by Gasteiger charge is -2.37. The Hall–Kier alpha value is -1.13. The molecule has 0 N–H and O–H groups in total. The number of carbonyl (C=O) groups is 1. The standard InChI is InChI=1S/C18H26ClFN2O/c1-4-21(5-2)18(23)14-8-10-22(11-9-14)13(3)15-6-7-17(20)16(19)12-15/h6-7,12-14H,4-5,8-11H2,1-3H3. The molecular formula is C18H26ClFN2O. The Morgan fingerprint density at radius 3 is 2.48 bits per heavy atom. The number of piperidine rings is 1. The molecule has 1 saturated heterocycles. The summed E-state index contributed by atoms with van der Waals surface area (Å²) in [5.41, 5.74) is 1.02. The second-order valence-electron chi connectivity index (χ2n) is 6.17. The molecule has 1 atom stereocenters. The summed E-state index contributed by atoms with van der Waals surface area (Å²) in [6.45, 7) is 9.48. The molecule has 0 bridgehead atoms. The van der Waals surface area contributed by atoms with E-state index in [2.05, 4.69) is 11.8 Å². The molecule has 1 aromatic carbocycles. The largest absolute Gasteiger partial charge is 0.343 e. The zero-order valence-electron chi connectivity index (χ0n) is 14.2. The van der Waals surface area contributed by atoms with E-state index in [4.69, 9.17) is 11.6 Å². The van der Waals surface area contributed by atoms with Crippen molar-refractivity contribution in [3.63, 3.8) is 0 Å². The van der Waals surface area contributed by atoms with Crippen LogP contribution in [0.25, 0.3) is 0 Å². The van der Waals surface area contributed by atoms with Crippen molar-refractivity contribution in [2.24, 2.45) is 5.92 Å². The van der Waals surface area contributed by atoms with Crippen LogP contribution < -0.4 is 0 Å². The van der Waals surface area contributed by atoms with Crippen LogP contribution in [-0.2, 0) is 4.79 Å². The SMILES string of the molecule is CCN(CC)C(=O)C1CCN(C(C)c2ccc(F)c(Cl)c2)CC1. The highest BCUT2D eigenvalue weighted by molar-refractivity contribution is 6.30. The molecule has 0 radical (unpaired) electrons. The maximum absolute atomic E-state index is 13.3. The van der Waals surface area contributed by atoms with Crippen molar-refractivity contribution in [3.8, 4) is 0 Å². The van der Waals surface area contributed by atoms with Gasteiger partial charge in [0.1, 0.15) is 5.82 Å². The lowest BCUT2D eigenvalue weighted by Crippen LogP contribution is -2.43. The molecule has 1 aromatic rings. The van der Waals surface area contributed by atoms with Crippen LogP contribution in [0.15, 0.2) is 18.2 Å². The minimum absolute atomic E-state index is 0.134. The number of halogens is 2. The summed E-state index contributed by atoms with van der Waals surface area (Å²) in [6.07, 6.45) is 1.77. The number of carbonyl (C=O) groups excluding carboxylic acids is 1. The topological polar surface area (TPSA) is 23.6 Å². The number of benzene rings is 1. The van der Waals surface area contributed by atoms with Crippen LogP contribution in [0.2, 0.25) is 5.02 Å².